The molecule has 0 aromatic carbocycles. The van der Waals surface area contributed by atoms with Crippen LogP contribution in [0, 0.1) is 11.3 Å². The van der Waals surface area contributed by atoms with E-state index in [0.29, 0.717) is 17.6 Å². The van der Waals surface area contributed by atoms with Crippen molar-refractivity contribution in [1.29, 1.82) is 0 Å². The van der Waals surface area contributed by atoms with Crippen LogP contribution in [0.1, 0.15) is 69.3 Å². The first kappa shape index (κ1) is 17.5. The highest BCUT2D eigenvalue weighted by Crippen LogP contribution is 2.42. The first-order valence-electron chi connectivity index (χ1n) is 9.80. The first-order valence-corrected chi connectivity index (χ1v) is 9.80. The lowest BCUT2D eigenvalue weighted by Gasteiger charge is -2.44. The van der Waals surface area contributed by atoms with Gasteiger partial charge >= 0.3 is 0 Å². The zero-order valence-electron chi connectivity index (χ0n) is 16.0. The predicted molar refractivity (Wildman–Crippen MR) is 96.5 cm³/mol. The van der Waals surface area contributed by atoms with Gasteiger partial charge in [0.2, 0.25) is 11.7 Å². The van der Waals surface area contributed by atoms with E-state index < -0.39 is 0 Å². The van der Waals surface area contributed by atoms with Gasteiger partial charge in [-0.05, 0) is 58.3 Å². The largest absolute Gasteiger partial charge is 0.345 e. The number of hydrogen-bond donors (Lipinski definition) is 1. The van der Waals surface area contributed by atoms with Gasteiger partial charge in [-0.25, -0.2) is 0 Å². The summed E-state index contributed by atoms with van der Waals surface area (Å²) in [5.41, 5.74) is -0.142. The summed E-state index contributed by atoms with van der Waals surface area (Å²) in [5.74, 6) is 1.82. The molecule has 0 atom stereocenters. The third-order valence-corrected chi connectivity index (χ3v) is 5.95. The molecule has 1 saturated carbocycles. The highest BCUT2D eigenvalue weighted by molar-refractivity contribution is 5.91. The van der Waals surface area contributed by atoms with Crippen LogP contribution in [0.15, 0.2) is 0 Å². The maximum atomic E-state index is 12.6. The van der Waals surface area contributed by atoms with Crippen molar-refractivity contribution in [2.45, 2.75) is 71.4 Å². The molecule has 0 bridgehead atoms. The molecule has 1 N–H and O–H groups in total. The number of fused-ring (bicyclic) bond motifs is 1. The number of piperidine rings is 1. The molecule has 3 heterocycles. The number of aromatic nitrogens is 3. The number of hydrogen-bond acceptors (Lipinski definition) is 4. The first-order chi connectivity index (χ1) is 12.3. The Labute approximate surface area is 154 Å². The number of nitrogens with zero attached hydrogens (tertiary/aromatic N) is 4. The zero-order chi connectivity index (χ0) is 18.5. The van der Waals surface area contributed by atoms with E-state index in [4.69, 9.17) is 0 Å². The summed E-state index contributed by atoms with van der Waals surface area (Å²) in [6.45, 7) is 8.37. The van der Waals surface area contributed by atoms with E-state index in [1.807, 2.05) is 25.3 Å². The smallest absolute Gasteiger partial charge is 0.289 e. The highest BCUT2D eigenvalue weighted by atomic mass is 16.2. The Hall–Kier alpha value is -1.92. The van der Waals surface area contributed by atoms with Crippen LogP contribution < -0.4 is 5.32 Å². The molecule has 1 aromatic heterocycles. The van der Waals surface area contributed by atoms with Crippen molar-refractivity contribution in [2.24, 2.45) is 11.3 Å². The number of rotatable bonds is 2. The molecule has 3 aliphatic rings. The Kier molecular flexibility index (Phi) is 4.08. The van der Waals surface area contributed by atoms with Crippen molar-refractivity contribution in [1.82, 2.24) is 25.0 Å². The molecule has 1 saturated heterocycles. The Balaban J connectivity index is 1.47. The second-order valence-electron chi connectivity index (χ2n) is 9.33. The molecule has 4 rings (SSSR count). The van der Waals surface area contributed by atoms with Crippen LogP contribution in [0.25, 0.3) is 0 Å². The lowest BCUT2D eigenvalue weighted by Crippen LogP contribution is -2.48. The molecular formula is C19H29N5O2. The average Bonchev–Trinajstić information content (AvgIpc) is 3.33. The Morgan fingerprint density at radius 2 is 1.81 bits per heavy atom. The average molecular weight is 359 g/mol. The summed E-state index contributed by atoms with van der Waals surface area (Å²) in [4.78, 5) is 27.0. The van der Waals surface area contributed by atoms with E-state index in [-0.39, 0.29) is 16.9 Å². The molecule has 1 aromatic rings. The van der Waals surface area contributed by atoms with Crippen molar-refractivity contribution in [3.05, 3.63) is 11.6 Å². The molecule has 2 aliphatic heterocycles. The topological polar surface area (TPSA) is 80.1 Å². The predicted octanol–water partition coefficient (Wildman–Crippen LogP) is 1.77. The third kappa shape index (κ3) is 3.35. The van der Waals surface area contributed by atoms with Crippen LogP contribution in [0.2, 0.25) is 0 Å². The minimum atomic E-state index is -0.301. The fourth-order valence-electron chi connectivity index (χ4n) is 4.24. The fourth-order valence-corrected chi connectivity index (χ4v) is 4.24. The van der Waals surface area contributed by atoms with Gasteiger partial charge in [0.25, 0.3) is 5.91 Å². The summed E-state index contributed by atoms with van der Waals surface area (Å²) in [6.07, 6.45) is 6.06. The van der Waals surface area contributed by atoms with E-state index in [9.17, 15) is 9.59 Å². The van der Waals surface area contributed by atoms with E-state index in [0.717, 1.165) is 64.0 Å². The zero-order valence-corrected chi connectivity index (χ0v) is 16.0. The molecule has 7 heteroatoms. The second kappa shape index (κ2) is 6.06. The number of carbonyl (C=O) groups excluding carboxylic acids is 2. The minimum Gasteiger partial charge on any atom is -0.345 e. The van der Waals surface area contributed by atoms with Crippen LogP contribution in [-0.4, -0.2) is 50.1 Å². The van der Waals surface area contributed by atoms with Gasteiger partial charge in [-0.15, -0.1) is 10.2 Å². The Morgan fingerprint density at radius 1 is 1.12 bits per heavy atom. The van der Waals surface area contributed by atoms with Crippen LogP contribution in [0.3, 0.4) is 0 Å². The summed E-state index contributed by atoms with van der Waals surface area (Å²) in [6, 6.07) is 0. The fraction of sp³-hybridized carbons (Fsp3) is 0.789. The lowest BCUT2D eigenvalue weighted by atomic mass is 9.73. The summed E-state index contributed by atoms with van der Waals surface area (Å²) >= 11 is 0. The van der Waals surface area contributed by atoms with Crippen molar-refractivity contribution < 1.29 is 9.59 Å². The van der Waals surface area contributed by atoms with Crippen LogP contribution in [-0.2, 0) is 17.8 Å². The normalized spacial score (nSPS) is 22.2. The van der Waals surface area contributed by atoms with Gasteiger partial charge in [0, 0.05) is 37.5 Å². The molecule has 26 heavy (non-hydrogen) atoms. The quantitative estimate of drug-likeness (QED) is 0.873. The maximum absolute atomic E-state index is 12.6. The molecule has 1 spiro atoms. The minimum absolute atomic E-state index is 0.158. The standard InChI is InChI=1S/C19H29N5O2/c1-18(2,3)20-16(25)15-22-21-14-6-7-19(12-24(14)15)8-10-23(11-9-19)17(26)13-4-5-13/h13H,4-12H2,1-3H3,(H,20,25). The van der Waals surface area contributed by atoms with Gasteiger partial charge in [-0.3, -0.25) is 9.59 Å². The van der Waals surface area contributed by atoms with Gasteiger partial charge in [0.1, 0.15) is 5.82 Å². The number of likely N-dealkylation sites (tertiary alicyclic amines) is 1. The molecule has 142 valence electrons. The number of nitrogens with one attached hydrogen (secondary N) is 1. The van der Waals surface area contributed by atoms with E-state index in [1.54, 1.807) is 0 Å². The van der Waals surface area contributed by atoms with Crippen LogP contribution in [0.4, 0.5) is 0 Å². The molecule has 0 radical (unpaired) electrons. The van der Waals surface area contributed by atoms with Gasteiger partial charge in [-0.2, -0.15) is 0 Å². The molecule has 7 nitrogen and oxygen atoms in total. The number of aryl methyl sites for hydroxylation is 1. The third-order valence-electron chi connectivity index (χ3n) is 5.95. The number of amides is 2. The molecule has 1 aliphatic carbocycles. The Morgan fingerprint density at radius 3 is 2.42 bits per heavy atom. The Bertz CT molecular complexity index is 721. The number of carbonyl (C=O) groups is 2. The van der Waals surface area contributed by atoms with Crippen molar-refractivity contribution in [2.75, 3.05) is 13.1 Å². The van der Waals surface area contributed by atoms with E-state index in [1.165, 1.54) is 0 Å². The van der Waals surface area contributed by atoms with E-state index >= 15 is 0 Å². The summed E-state index contributed by atoms with van der Waals surface area (Å²) in [5, 5.41) is 11.4. The van der Waals surface area contributed by atoms with Crippen molar-refractivity contribution in [3.8, 4) is 0 Å². The molecule has 2 fully saturated rings. The summed E-state index contributed by atoms with van der Waals surface area (Å²) in [7, 11) is 0. The highest BCUT2D eigenvalue weighted by Gasteiger charge is 2.42. The van der Waals surface area contributed by atoms with Crippen LogP contribution >= 0.6 is 0 Å². The van der Waals surface area contributed by atoms with Gasteiger partial charge in [0.05, 0.1) is 0 Å². The summed E-state index contributed by atoms with van der Waals surface area (Å²) < 4.78 is 2.02. The van der Waals surface area contributed by atoms with Crippen molar-refractivity contribution in [3.63, 3.8) is 0 Å². The van der Waals surface area contributed by atoms with Crippen molar-refractivity contribution >= 4 is 11.8 Å². The maximum Gasteiger partial charge on any atom is 0.289 e. The molecule has 2 amide bonds. The molecule has 0 unspecified atom stereocenters. The SMILES string of the molecule is CC(C)(C)NC(=O)c1nnc2n1CC1(CC2)CCN(C(=O)C2CC2)CC1. The lowest BCUT2D eigenvalue weighted by molar-refractivity contribution is -0.135. The van der Waals surface area contributed by atoms with Crippen LogP contribution in [0.5, 0.6) is 0 Å². The van der Waals surface area contributed by atoms with Gasteiger partial charge in [-0.1, -0.05) is 0 Å². The monoisotopic (exact) mass is 359 g/mol. The van der Waals surface area contributed by atoms with Gasteiger partial charge in [0.15, 0.2) is 0 Å². The second-order valence-corrected chi connectivity index (χ2v) is 9.33. The van der Waals surface area contributed by atoms with Gasteiger partial charge < -0.3 is 14.8 Å². The molecular weight excluding hydrogens is 330 g/mol. The van der Waals surface area contributed by atoms with E-state index in [2.05, 4.69) is 20.4 Å².